The van der Waals surface area contributed by atoms with E-state index in [1.807, 2.05) is 0 Å². The van der Waals surface area contributed by atoms with Crippen molar-refractivity contribution in [2.24, 2.45) is 11.3 Å². The van der Waals surface area contributed by atoms with Gasteiger partial charge in [-0.15, -0.1) is 0 Å². The molecule has 0 aromatic heterocycles. The molecule has 16 heavy (non-hydrogen) atoms. The number of aliphatic hydroxyl groups is 1. The Hall–Kier alpha value is -0.570. The van der Waals surface area contributed by atoms with Crippen molar-refractivity contribution in [3.63, 3.8) is 0 Å². The van der Waals surface area contributed by atoms with Crippen LogP contribution in [-0.2, 0) is 4.79 Å². The second kappa shape index (κ2) is 4.74. The van der Waals surface area contributed by atoms with Crippen LogP contribution in [0.1, 0.15) is 59.3 Å². The van der Waals surface area contributed by atoms with Crippen LogP contribution in [0.3, 0.4) is 0 Å². The van der Waals surface area contributed by atoms with Gasteiger partial charge in [0.25, 0.3) is 0 Å². The molecular formula is C13H24O3. The highest BCUT2D eigenvalue weighted by molar-refractivity contribution is 5.74. The van der Waals surface area contributed by atoms with Crippen molar-refractivity contribution in [3.05, 3.63) is 0 Å². The molecule has 0 radical (unpaired) electrons. The first-order chi connectivity index (χ1) is 7.25. The van der Waals surface area contributed by atoms with Crippen LogP contribution in [0.25, 0.3) is 0 Å². The van der Waals surface area contributed by atoms with Crippen LogP contribution in [0.5, 0.6) is 0 Å². The van der Waals surface area contributed by atoms with Crippen molar-refractivity contribution in [3.8, 4) is 0 Å². The molecular weight excluding hydrogens is 204 g/mol. The van der Waals surface area contributed by atoms with Crippen LogP contribution in [0, 0.1) is 11.3 Å². The van der Waals surface area contributed by atoms with E-state index in [9.17, 15) is 15.0 Å². The first-order valence-corrected chi connectivity index (χ1v) is 6.21. The van der Waals surface area contributed by atoms with Gasteiger partial charge in [0.1, 0.15) is 0 Å². The van der Waals surface area contributed by atoms with E-state index in [-0.39, 0.29) is 0 Å². The number of carboxylic acid groups (broad SMARTS) is 1. The quantitative estimate of drug-likeness (QED) is 0.778. The number of carboxylic acids is 1. The highest BCUT2D eigenvalue weighted by Gasteiger charge is 2.42. The molecule has 0 bridgehead atoms. The summed E-state index contributed by atoms with van der Waals surface area (Å²) in [6.07, 6.45) is 4.82. The van der Waals surface area contributed by atoms with Crippen LogP contribution >= 0.6 is 0 Å². The van der Waals surface area contributed by atoms with Crippen LogP contribution < -0.4 is 0 Å². The lowest BCUT2D eigenvalue weighted by molar-refractivity contribution is -0.153. The molecule has 94 valence electrons. The smallest absolute Gasteiger partial charge is 0.309 e. The van der Waals surface area contributed by atoms with Gasteiger partial charge < -0.3 is 10.2 Å². The van der Waals surface area contributed by atoms with Gasteiger partial charge in [-0.05, 0) is 45.4 Å². The van der Waals surface area contributed by atoms with E-state index in [1.165, 1.54) is 0 Å². The van der Waals surface area contributed by atoms with E-state index < -0.39 is 17.0 Å². The van der Waals surface area contributed by atoms with E-state index in [4.69, 9.17) is 0 Å². The maximum Gasteiger partial charge on any atom is 0.309 e. The number of hydrogen-bond acceptors (Lipinski definition) is 2. The Morgan fingerprint density at radius 1 is 1.50 bits per heavy atom. The Kier molecular flexibility index (Phi) is 4.00. The largest absolute Gasteiger partial charge is 0.481 e. The van der Waals surface area contributed by atoms with Crippen molar-refractivity contribution >= 4 is 5.97 Å². The normalized spacial score (nSPS) is 31.4. The molecule has 2 N–H and O–H groups in total. The predicted octanol–water partition coefficient (Wildman–Crippen LogP) is 2.82. The second-order valence-corrected chi connectivity index (χ2v) is 6.10. The zero-order chi connectivity index (χ0) is 12.4. The molecule has 0 amide bonds. The van der Waals surface area contributed by atoms with Gasteiger partial charge in [-0.25, -0.2) is 0 Å². The maximum atomic E-state index is 11.5. The second-order valence-electron chi connectivity index (χ2n) is 6.10. The van der Waals surface area contributed by atoms with Crippen LogP contribution in [0.4, 0.5) is 0 Å². The minimum atomic E-state index is -0.761. The first-order valence-electron chi connectivity index (χ1n) is 6.21. The van der Waals surface area contributed by atoms with Gasteiger partial charge in [0.2, 0.25) is 0 Å². The van der Waals surface area contributed by atoms with E-state index in [2.05, 4.69) is 6.92 Å². The molecule has 0 aromatic rings. The summed E-state index contributed by atoms with van der Waals surface area (Å²) in [5, 5.41) is 19.1. The van der Waals surface area contributed by atoms with Gasteiger partial charge in [-0.3, -0.25) is 4.79 Å². The average molecular weight is 228 g/mol. The highest BCUT2D eigenvalue weighted by atomic mass is 16.4. The molecule has 0 saturated heterocycles. The molecule has 3 heteroatoms. The molecule has 1 rings (SSSR count). The van der Waals surface area contributed by atoms with E-state index in [0.29, 0.717) is 18.8 Å². The summed E-state index contributed by atoms with van der Waals surface area (Å²) in [5.74, 6) is -0.185. The Bertz CT molecular complexity index is 254. The van der Waals surface area contributed by atoms with Crippen molar-refractivity contribution in [1.82, 2.24) is 0 Å². The number of rotatable bonds is 4. The fourth-order valence-corrected chi connectivity index (χ4v) is 2.73. The molecule has 0 aromatic carbocycles. The summed E-state index contributed by atoms with van der Waals surface area (Å²) < 4.78 is 0. The minimum Gasteiger partial charge on any atom is -0.481 e. The van der Waals surface area contributed by atoms with Gasteiger partial charge >= 0.3 is 5.97 Å². The molecule has 3 nitrogen and oxygen atoms in total. The van der Waals surface area contributed by atoms with E-state index in [0.717, 1.165) is 25.7 Å². The SMILES string of the molecule is CC1CCCC(CCC(C)(C)O)(C(=O)O)C1. The summed E-state index contributed by atoms with van der Waals surface area (Å²) in [7, 11) is 0. The predicted molar refractivity (Wildman–Crippen MR) is 63.2 cm³/mol. The molecule has 0 aliphatic heterocycles. The summed E-state index contributed by atoms with van der Waals surface area (Å²) in [4.78, 5) is 11.5. The van der Waals surface area contributed by atoms with Gasteiger partial charge in [0, 0.05) is 0 Å². The van der Waals surface area contributed by atoms with Gasteiger partial charge in [0.05, 0.1) is 11.0 Å². The van der Waals surface area contributed by atoms with Crippen LogP contribution in [0.2, 0.25) is 0 Å². The van der Waals surface area contributed by atoms with Crippen LogP contribution in [0.15, 0.2) is 0 Å². The summed E-state index contributed by atoms with van der Waals surface area (Å²) in [6.45, 7) is 5.62. The fourth-order valence-electron chi connectivity index (χ4n) is 2.73. The zero-order valence-corrected chi connectivity index (χ0v) is 10.6. The maximum absolute atomic E-state index is 11.5. The molecule has 1 aliphatic carbocycles. The fraction of sp³-hybridized carbons (Fsp3) is 0.923. The molecule has 2 atom stereocenters. The Morgan fingerprint density at radius 3 is 2.56 bits per heavy atom. The Labute approximate surface area is 97.9 Å². The number of carbonyl (C=O) groups is 1. The average Bonchev–Trinajstić information content (AvgIpc) is 2.13. The monoisotopic (exact) mass is 228 g/mol. The van der Waals surface area contributed by atoms with Gasteiger partial charge in [-0.1, -0.05) is 19.8 Å². The third-order valence-corrected chi connectivity index (χ3v) is 3.76. The van der Waals surface area contributed by atoms with Crippen molar-refractivity contribution in [2.75, 3.05) is 0 Å². The summed E-state index contributed by atoms with van der Waals surface area (Å²) in [6, 6.07) is 0. The number of hydrogen-bond donors (Lipinski definition) is 2. The van der Waals surface area contributed by atoms with Gasteiger partial charge in [0.15, 0.2) is 0 Å². The topological polar surface area (TPSA) is 57.5 Å². The molecule has 1 fully saturated rings. The highest BCUT2D eigenvalue weighted by Crippen LogP contribution is 2.43. The molecule has 2 unspecified atom stereocenters. The molecule has 0 heterocycles. The lowest BCUT2D eigenvalue weighted by Gasteiger charge is -2.37. The third kappa shape index (κ3) is 3.48. The minimum absolute atomic E-state index is 0.492. The molecule has 1 aliphatic rings. The zero-order valence-electron chi connectivity index (χ0n) is 10.6. The van der Waals surface area contributed by atoms with Gasteiger partial charge in [-0.2, -0.15) is 0 Å². The molecule has 0 spiro atoms. The van der Waals surface area contributed by atoms with Crippen molar-refractivity contribution < 1.29 is 15.0 Å². The standard InChI is InChI=1S/C13H24O3/c1-10-5-4-6-13(9-10,11(14)15)8-7-12(2,3)16/h10,16H,4-9H2,1-3H3,(H,14,15). The summed E-state index contributed by atoms with van der Waals surface area (Å²) >= 11 is 0. The van der Waals surface area contributed by atoms with Crippen LogP contribution in [-0.4, -0.2) is 21.8 Å². The lowest BCUT2D eigenvalue weighted by atomic mass is 9.67. The van der Waals surface area contributed by atoms with Crippen molar-refractivity contribution in [2.45, 2.75) is 64.9 Å². The summed E-state index contributed by atoms with van der Waals surface area (Å²) in [5.41, 5.74) is -1.35. The first kappa shape index (κ1) is 13.5. The van der Waals surface area contributed by atoms with E-state index in [1.54, 1.807) is 13.8 Å². The Morgan fingerprint density at radius 2 is 2.12 bits per heavy atom. The third-order valence-electron chi connectivity index (χ3n) is 3.76. The van der Waals surface area contributed by atoms with Crippen molar-refractivity contribution in [1.29, 1.82) is 0 Å². The van der Waals surface area contributed by atoms with E-state index >= 15 is 0 Å². The lowest BCUT2D eigenvalue weighted by Crippen LogP contribution is -2.37. The Balaban J connectivity index is 2.69. The molecule has 1 saturated carbocycles. The number of aliphatic carboxylic acids is 1.